The van der Waals surface area contributed by atoms with Crippen LogP contribution in [-0.2, 0) is 0 Å². The molecule has 0 amide bonds. The van der Waals surface area contributed by atoms with Gasteiger partial charge in [0.05, 0.1) is 5.97 Å². The second kappa shape index (κ2) is 6.38. The molecule has 1 aromatic heterocycles. The highest BCUT2D eigenvalue weighted by Crippen LogP contribution is 2.11. The van der Waals surface area contributed by atoms with E-state index in [-0.39, 0.29) is 5.56 Å². The Balaban J connectivity index is 0.000000155. The summed E-state index contributed by atoms with van der Waals surface area (Å²) >= 11 is 0. The van der Waals surface area contributed by atoms with E-state index in [0.717, 1.165) is 16.6 Å². The summed E-state index contributed by atoms with van der Waals surface area (Å²) < 4.78 is 0. The number of nitrogens with two attached hydrogens (primary N) is 2. The molecule has 0 atom stereocenters. The van der Waals surface area contributed by atoms with E-state index >= 15 is 0 Å². The van der Waals surface area contributed by atoms with Crippen LogP contribution in [0.2, 0.25) is 0 Å². The number of anilines is 2. The number of nitrogen functional groups attached to an aromatic ring is 2. The molecule has 21 heavy (non-hydrogen) atoms. The van der Waals surface area contributed by atoms with Crippen molar-refractivity contribution in [2.75, 3.05) is 11.5 Å². The van der Waals surface area contributed by atoms with Gasteiger partial charge in [-0.2, -0.15) is 0 Å². The lowest BCUT2D eigenvalue weighted by Crippen LogP contribution is -2.21. The van der Waals surface area contributed by atoms with Gasteiger partial charge >= 0.3 is 0 Å². The summed E-state index contributed by atoms with van der Waals surface area (Å²) in [5.41, 5.74) is 13.5. The van der Waals surface area contributed by atoms with Crippen molar-refractivity contribution < 1.29 is 14.9 Å². The Hall–Kier alpha value is -3.08. The van der Waals surface area contributed by atoms with Gasteiger partial charge in [0.15, 0.2) is 6.20 Å². The smallest absolute Gasteiger partial charge is 0.210 e. The van der Waals surface area contributed by atoms with Crippen LogP contribution in [0.15, 0.2) is 60.8 Å². The quantitative estimate of drug-likeness (QED) is 0.645. The van der Waals surface area contributed by atoms with Gasteiger partial charge in [0.1, 0.15) is 0 Å². The van der Waals surface area contributed by atoms with Crippen molar-refractivity contribution in [2.45, 2.75) is 0 Å². The molecule has 0 saturated carbocycles. The minimum absolute atomic E-state index is 0.147. The summed E-state index contributed by atoms with van der Waals surface area (Å²) in [5, 5.41) is 11.3. The normalized spacial score (nSPS) is 9.71. The summed E-state index contributed by atoms with van der Waals surface area (Å²) in [6, 6.07) is 15.7. The van der Waals surface area contributed by atoms with E-state index in [1.165, 1.54) is 24.3 Å². The molecule has 106 valence electrons. The van der Waals surface area contributed by atoms with E-state index in [9.17, 15) is 9.90 Å². The minimum Gasteiger partial charge on any atom is -0.545 e. The average Bonchev–Trinajstić information content (AvgIpc) is 2.48. The number of hydrogen-bond donors (Lipinski definition) is 2. The topological polar surface area (TPSA) is 106 Å². The Bertz CT molecular complexity index is 755. The van der Waals surface area contributed by atoms with Crippen molar-refractivity contribution in [3.05, 3.63) is 66.4 Å². The lowest BCUT2D eigenvalue weighted by Gasteiger charge is -2.00. The van der Waals surface area contributed by atoms with Crippen LogP contribution in [0.1, 0.15) is 10.4 Å². The predicted octanol–water partition coefficient (Wildman–Crippen LogP) is 0.868. The number of aromatic amines is 1. The van der Waals surface area contributed by atoms with Crippen molar-refractivity contribution in [2.24, 2.45) is 0 Å². The number of carbonyl (C=O) groups is 1. The van der Waals surface area contributed by atoms with Crippen molar-refractivity contribution in [3.63, 3.8) is 0 Å². The molecule has 2 aromatic carbocycles. The van der Waals surface area contributed by atoms with Crippen molar-refractivity contribution in [1.82, 2.24) is 0 Å². The predicted molar refractivity (Wildman–Crippen MR) is 80.1 cm³/mol. The SMILES string of the molecule is Nc1ccc(C(=O)[O-])cc1.Nc1ccc2[nH+]cccc2c1. The van der Waals surface area contributed by atoms with Gasteiger partial charge in [0.25, 0.3) is 0 Å². The summed E-state index contributed by atoms with van der Waals surface area (Å²) in [5.74, 6) is -1.18. The van der Waals surface area contributed by atoms with Gasteiger partial charge in [-0.3, -0.25) is 0 Å². The Kier molecular flexibility index (Phi) is 4.36. The van der Waals surface area contributed by atoms with Gasteiger partial charge in [-0.15, -0.1) is 0 Å². The maximum atomic E-state index is 10.2. The molecule has 0 saturated heterocycles. The van der Waals surface area contributed by atoms with Crippen molar-refractivity contribution in [1.29, 1.82) is 0 Å². The Morgan fingerprint density at radius 3 is 2.29 bits per heavy atom. The number of nitrogens with one attached hydrogen (secondary N) is 1. The fraction of sp³-hybridized carbons (Fsp3) is 0. The first-order valence-electron chi connectivity index (χ1n) is 6.29. The third kappa shape index (κ3) is 3.94. The van der Waals surface area contributed by atoms with Crippen molar-refractivity contribution >= 4 is 28.2 Å². The number of pyridine rings is 1. The molecule has 0 unspecified atom stereocenters. The highest BCUT2D eigenvalue weighted by Gasteiger charge is 1.96. The Morgan fingerprint density at radius 1 is 0.952 bits per heavy atom. The molecule has 0 aliphatic rings. The van der Waals surface area contributed by atoms with E-state index in [2.05, 4.69) is 4.98 Å². The molecule has 1 heterocycles. The Morgan fingerprint density at radius 2 is 1.62 bits per heavy atom. The van der Waals surface area contributed by atoms with Crippen LogP contribution in [0.4, 0.5) is 11.4 Å². The fourth-order valence-corrected chi connectivity index (χ4v) is 1.76. The number of rotatable bonds is 1. The molecule has 5 heteroatoms. The van der Waals surface area contributed by atoms with Crippen LogP contribution in [0.3, 0.4) is 0 Å². The summed E-state index contributed by atoms with van der Waals surface area (Å²) in [6.07, 6.45) is 1.90. The van der Waals surface area contributed by atoms with E-state index in [4.69, 9.17) is 11.5 Å². The first kappa shape index (κ1) is 14.3. The van der Waals surface area contributed by atoms with Crippen LogP contribution < -0.4 is 21.6 Å². The van der Waals surface area contributed by atoms with E-state index < -0.39 is 5.97 Å². The molecule has 0 bridgehead atoms. The van der Waals surface area contributed by atoms with E-state index in [1.54, 1.807) is 0 Å². The molecule has 0 aliphatic heterocycles. The number of fused-ring (bicyclic) bond motifs is 1. The fourth-order valence-electron chi connectivity index (χ4n) is 1.76. The van der Waals surface area contributed by atoms with E-state index in [0.29, 0.717) is 5.69 Å². The van der Waals surface area contributed by atoms with Crippen LogP contribution in [0, 0.1) is 0 Å². The molecule has 0 fully saturated rings. The third-order valence-electron chi connectivity index (χ3n) is 2.83. The number of carboxylic acids is 1. The number of aromatic nitrogens is 1. The first-order chi connectivity index (χ1) is 10.1. The van der Waals surface area contributed by atoms with Gasteiger partial charge in [-0.05, 0) is 35.9 Å². The lowest BCUT2D eigenvalue weighted by atomic mass is 10.2. The molecule has 0 spiro atoms. The minimum atomic E-state index is -1.18. The zero-order chi connectivity index (χ0) is 15.2. The summed E-state index contributed by atoms with van der Waals surface area (Å²) in [4.78, 5) is 13.3. The molecule has 5 nitrogen and oxygen atoms in total. The van der Waals surface area contributed by atoms with Gasteiger partial charge in [-0.25, -0.2) is 4.98 Å². The second-order valence-electron chi connectivity index (χ2n) is 4.43. The second-order valence-corrected chi connectivity index (χ2v) is 4.43. The van der Waals surface area contributed by atoms with Crippen LogP contribution in [0.5, 0.6) is 0 Å². The van der Waals surface area contributed by atoms with Gasteiger partial charge in [0.2, 0.25) is 5.52 Å². The molecular formula is C16H15N3O2. The zero-order valence-electron chi connectivity index (χ0n) is 11.2. The standard InChI is InChI=1S/C9H8N2.C7H7NO2/c10-8-3-4-9-7(6-8)2-1-5-11-9;8-6-3-1-5(2-4-6)7(9)10/h1-6H,10H2;1-4H,8H2,(H,9,10). The van der Waals surface area contributed by atoms with Gasteiger partial charge in [0, 0.05) is 28.9 Å². The molecule has 0 radical (unpaired) electrons. The summed E-state index contributed by atoms with van der Waals surface area (Å²) in [7, 11) is 0. The number of H-pyrrole nitrogens is 1. The molecule has 3 aromatic rings. The first-order valence-corrected chi connectivity index (χ1v) is 6.29. The molecular weight excluding hydrogens is 266 g/mol. The lowest BCUT2D eigenvalue weighted by molar-refractivity contribution is -0.344. The highest BCUT2D eigenvalue weighted by atomic mass is 16.4. The highest BCUT2D eigenvalue weighted by molar-refractivity contribution is 5.86. The zero-order valence-corrected chi connectivity index (χ0v) is 11.2. The summed E-state index contributed by atoms with van der Waals surface area (Å²) in [6.45, 7) is 0. The molecule has 3 rings (SSSR count). The average molecular weight is 281 g/mol. The largest absolute Gasteiger partial charge is 0.545 e. The van der Waals surface area contributed by atoms with Crippen LogP contribution in [-0.4, -0.2) is 5.97 Å². The van der Waals surface area contributed by atoms with Crippen LogP contribution >= 0.6 is 0 Å². The van der Waals surface area contributed by atoms with Gasteiger partial charge < -0.3 is 21.4 Å². The number of aromatic carboxylic acids is 1. The molecule has 0 aliphatic carbocycles. The number of benzene rings is 2. The maximum absolute atomic E-state index is 10.2. The number of carbonyl (C=O) groups excluding carboxylic acids is 1. The van der Waals surface area contributed by atoms with Crippen molar-refractivity contribution in [3.8, 4) is 0 Å². The van der Waals surface area contributed by atoms with Crippen LogP contribution in [0.25, 0.3) is 10.9 Å². The van der Waals surface area contributed by atoms with E-state index in [1.807, 2.05) is 36.5 Å². The van der Waals surface area contributed by atoms with Gasteiger partial charge in [-0.1, -0.05) is 12.1 Å². The number of hydrogen-bond acceptors (Lipinski definition) is 4. The molecule has 5 N–H and O–H groups in total. The Labute approximate surface area is 121 Å². The third-order valence-corrected chi connectivity index (χ3v) is 2.83. The number of carboxylic acid groups (broad SMARTS) is 1. The maximum Gasteiger partial charge on any atom is 0.210 e. The monoisotopic (exact) mass is 281 g/mol.